The number of carbonyl (C=O) groups is 3. The van der Waals surface area contributed by atoms with Gasteiger partial charge in [0.25, 0.3) is 17.7 Å². The molecule has 4 aromatic carbocycles. The summed E-state index contributed by atoms with van der Waals surface area (Å²) in [4.78, 5) is 45.5. The van der Waals surface area contributed by atoms with E-state index in [2.05, 4.69) is 10.3 Å². The molecule has 5 aromatic rings. The van der Waals surface area contributed by atoms with Gasteiger partial charge in [-0.3, -0.25) is 28.9 Å². The number of rotatable bonds is 11. The number of carbonyl (C=O) groups excluding carboxylic acids is 3. The summed E-state index contributed by atoms with van der Waals surface area (Å²) >= 11 is 0. The molecular weight excluding hydrogens is 688 g/mol. The summed E-state index contributed by atoms with van der Waals surface area (Å²) < 4.78 is 13.0. The van der Waals surface area contributed by atoms with Gasteiger partial charge in [0.2, 0.25) is 0 Å². The Morgan fingerprint density at radius 1 is 0.833 bits per heavy atom. The molecule has 0 bridgehead atoms. The average Bonchev–Trinajstić information content (AvgIpc) is 3.73. The van der Waals surface area contributed by atoms with E-state index in [1.165, 1.54) is 0 Å². The van der Waals surface area contributed by atoms with Gasteiger partial charge in [0, 0.05) is 48.6 Å². The van der Waals surface area contributed by atoms with Crippen molar-refractivity contribution < 1.29 is 34.1 Å². The van der Waals surface area contributed by atoms with Crippen molar-refractivity contribution >= 4 is 46.2 Å². The molecule has 2 atom stereocenters. The quantitative estimate of drug-likeness (QED) is 0.181. The lowest BCUT2D eigenvalue weighted by Crippen LogP contribution is -2.44. The summed E-state index contributed by atoms with van der Waals surface area (Å²) in [6.45, 7) is 2.25. The molecule has 274 valence electrons. The molecule has 3 aliphatic rings. The maximum atomic E-state index is 14.5. The Kier molecular flexibility index (Phi) is 9.18. The molecule has 0 unspecified atom stereocenters. The van der Waals surface area contributed by atoms with Gasteiger partial charge in [-0.1, -0.05) is 60.7 Å². The van der Waals surface area contributed by atoms with Crippen molar-refractivity contribution in [2.75, 3.05) is 34.5 Å². The van der Waals surface area contributed by atoms with E-state index in [0.717, 1.165) is 5.56 Å². The smallest absolute Gasteiger partial charge is 0.269 e. The van der Waals surface area contributed by atoms with Crippen LogP contribution in [-0.4, -0.2) is 62.7 Å². The minimum atomic E-state index is -1.96. The van der Waals surface area contributed by atoms with Crippen LogP contribution >= 0.6 is 0 Å². The molecular formula is C41H38N6O7. The van der Waals surface area contributed by atoms with Crippen LogP contribution in [0.4, 0.5) is 28.4 Å². The first-order valence-corrected chi connectivity index (χ1v) is 17.8. The predicted molar refractivity (Wildman–Crippen MR) is 200 cm³/mol. The lowest BCUT2D eigenvalue weighted by atomic mass is 9.82. The Balaban J connectivity index is 1.10. The van der Waals surface area contributed by atoms with Crippen molar-refractivity contribution in [3.8, 4) is 11.5 Å². The molecule has 54 heavy (non-hydrogen) atoms. The molecule has 0 saturated carbocycles. The maximum absolute atomic E-state index is 14.5. The number of ether oxygens (including phenoxy) is 2. The first-order valence-electron chi connectivity index (χ1n) is 17.8. The fourth-order valence-corrected chi connectivity index (χ4v) is 7.26. The number of fused-ring (bicyclic) bond motifs is 3. The van der Waals surface area contributed by atoms with E-state index in [-0.39, 0.29) is 38.2 Å². The Hall–Kier alpha value is -6.31. The largest absolute Gasteiger partial charge is 0.482 e. The van der Waals surface area contributed by atoms with Crippen molar-refractivity contribution in [2.45, 2.75) is 38.5 Å². The monoisotopic (exact) mass is 726 g/mol. The van der Waals surface area contributed by atoms with Gasteiger partial charge in [0.05, 0.1) is 29.3 Å². The Morgan fingerprint density at radius 3 is 2.13 bits per heavy atom. The van der Waals surface area contributed by atoms with Crippen molar-refractivity contribution in [2.24, 2.45) is 5.92 Å². The van der Waals surface area contributed by atoms with Crippen molar-refractivity contribution in [1.82, 2.24) is 15.0 Å². The standard InChI is InChI=1S/C41H38N6O7/c1-27(8-6-7-20-44-24-29(19-21-48)42-43-44)41(52)32-22-31(47-35-10-3-5-12-37(35)54-26-39(47)50)17-18-33(32)45(40(41)51)23-28-13-15-30(16-14-28)46-34-9-2-4-11-36(34)53-25-38(46)49/h2-6,8-18,22,24,27,48,52H,7,19-21,23,25-26H2,1H3/b8-6+/t27-,41+/m1/s1. The second-order valence-corrected chi connectivity index (χ2v) is 13.4. The number of anilines is 5. The van der Waals surface area contributed by atoms with Crippen LogP contribution in [0.1, 0.15) is 30.2 Å². The van der Waals surface area contributed by atoms with E-state index < -0.39 is 17.4 Å². The highest BCUT2D eigenvalue weighted by Crippen LogP contribution is 2.49. The van der Waals surface area contributed by atoms with Crippen LogP contribution in [0.2, 0.25) is 0 Å². The second kappa shape index (κ2) is 14.3. The van der Waals surface area contributed by atoms with Gasteiger partial charge in [-0.25, -0.2) is 0 Å². The number of aliphatic hydroxyl groups is 2. The molecule has 0 aliphatic carbocycles. The van der Waals surface area contributed by atoms with E-state index >= 15 is 0 Å². The van der Waals surface area contributed by atoms with Crippen LogP contribution in [0.5, 0.6) is 11.5 Å². The Labute approximate surface area is 311 Å². The topological polar surface area (TPSA) is 151 Å². The van der Waals surface area contributed by atoms with Gasteiger partial charge in [-0.05, 0) is 66.6 Å². The maximum Gasteiger partial charge on any atom is 0.269 e. The number of aliphatic hydroxyl groups excluding tert-OH is 1. The van der Waals surface area contributed by atoms with Gasteiger partial charge in [0.1, 0.15) is 11.5 Å². The van der Waals surface area contributed by atoms with Crippen molar-refractivity contribution in [3.05, 3.63) is 126 Å². The van der Waals surface area contributed by atoms with Crippen LogP contribution < -0.4 is 24.2 Å². The van der Waals surface area contributed by atoms with Gasteiger partial charge in [0.15, 0.2) is 18.8 Å². The summed E-state index contributed by atoms with van der Waals surface area (Å²) in [5.74, 6) is -0.442. The third-order valence-electron chi connectivity index (χ3n) is 10.0. The highest BCUT2D eigenvalue weighted by Gasteiger charge is 2.53. The van der Waals surface area contributed by atoms with Gasteiger partial charge in [-0.15, -0.1) is 5.10 Å². The number of aromatic nitrogens is 3. The van der Waals surface area contributed by atoms with E-state index in [0.29, 0.717) is 70.6 Å². The Morgan fingerprint density at radius 2 is 1.46 bits per heavy atom. The summed E-state index contributed by atoms with van der Waals surface area (Å²) in [7, 11) is 0. The van der Waals surface area contributed by atoms with Gasteiger partial charge in [-0.2, -0.15) is 0 Å². The van der Waals surface area contributed by atoms with Crippen LogP contribution in [0.3, 0.4) is 0 Å². The van der Waals surface area contributed by atoms with Crippen LogP contribution in [0.25, 0.3) is 0 Å². The fourth-order valence-electron chi connectivity index (χ4n) is 7.26. The number of amides is 3. The molecule has 0 fully saturated rings. The van der Waals surface area contributed by atoms with Crippen LogP contribution in [0.15, 0.2) is 109 Å². The zero-order valence-corrected chi connectivity index (χ0v) is 29.5. The first-order chi connectivity index (χ1) is 26.3. The SMILES string of the molecule is C[C@H](/C=C/CCn1cc(CCO)nn1)[C@@]1(O)C(=O)N(Cc2ccc(N3C(=O)COc4ccccc43)cc2)c2ccc(N3C(=O)COc4ccccc43)cc21. The first kappa shape index (κ1) is 34.8. The lowest BCUT2D eigenvalue weighted by molar-refractivity contribution is -0.139. The van der Waals surface area contributed by atoms with Crippen molar-refractivity contribution in [3.63, 3.8) is 0 Å². The minimum Gasteiger partial charge on any atom is -0.482 e. The number of hydrogen-bond acceptors (Lipinski definition) is 9. The molecule has 0 radical (unpaired) electrons. The molecule has 8 rings (SSSR count). The zero-order valence-electron chi connectivity index (χ0n) is 29.5. The molecule has 13 heteroatoms. The lowest BCUT2D eigenvalue weighted by Gasteiger charge is -2.31. The van der Waals surface area contributed by atoms with Gasteiger partial charge >= 0.3 is 0 Å². The van der Waals surface area contributed by atoms with Crippen LogP contribution in [0, 0.1) is 5.92 Å². The molecule has 13 nitrogen and oxygen atoms in total. The second-order valence-electron chi connectivity index (χ2n) is 13.4. The number of nitrogens with zero attached hydrogens (tertiary/aromatic N) is 6. The number of para-hydroxylation sites is 4. The van der Waals surface area contributed by atoms with E-state index in [1.54, 1.807) is 62.8 Å². The predicted octanol–water partition coefficient (Wildman–Crippen LogP) is 4.94. The summed E-state index contributed by atoms with van der Waals surface area (Å²) in [6.07, 6.45) is 6.50. The summed E-state index contributed by atoms with van der Waals surface area (Å²) in [5.41, 5.74) is 2.84. The average molecular weight is 727 g/mol. The molecule has 0 spiro atoms. The summed E-state index contributed by atoms with van der Waals surface area (Å²) in [5, 5.41) is 29.9. The van der Waals surface area contributed by atoms with E-state index in [4.69, 9.17) is 9.47 Å². The third kappa shape index (κ3) is 6.16. The van der Waals surface area contributed by atoms with E-state index in [9.17, 15) is 24.6 Å². The minimum absolute atomic E-state index is 0.00901. The molecule has 0 saturated heterocycles. The number of aryl methyl sites for hydroxylation is 1. The Bertz CT molecular complexity index is 2270. The molecule has 2 N–H and O–H groups in total. The van der Waals surface area contributed by atoms with Gasteiger partial charge < -0.3 is 24.6 Å². The number of allylic oxidation sites excluding steroid dienone is 1. The molecule has 3 amide bonds. The van der Waals surface area contributed by atoms with Crippen LogP contribution in [-0.2, 0) is 39.5 Å². The number of hydrogen-bond donors (Lipinski definition) is 2. The molecule has 3 aliphatic heterocycles. The highest BCUT2D eigenvalue weighted by molar-refractivity contribution is 6.09. The van der Waals surface area contributed by atoms with E-state index in [1.807, 2.05) is 72.8 Å². The molecule has 4 heterocycles. The summed E-state index contributed by atoms with van der Waals surface area (Å²) in [6, 6.07) is 27.3. The third-order valence-corrected chi connectivity index (χ3v) is 10.0. The van der Waals surface area contributed by atoms with Crippen molar-refractivity contribution in [1.29, 1.82) is 0 Å². The zero-order chi connectivity index (χ0) is 37.4. The normalized spacial score (nSPS) is 18.4. The highest BCUT2D eigenvalue weighted by atomic mass is 16.5. The number of benzene rings is 4. The molecule has 1 aromatic heterocycles. The fraction of sp³-hybridized carbons (Fsp3) is 0.244.